The number of hydrogen-bond donors (Lipinski definition) is 0. The van der Waals surface area contributed by atoms with Crippen LogP contribution in [0.2, 0.25) is 10.0 Å². The maximum Gasteiger partial charge on any atom is 0.150 e. The summed E-state index contributed by atoms with van der Waals surface area (Å²) >= 11 is 11.5. The molecular formula is C15H9Cl2FO. The van der Waals surface area contributed by atoms with Gasteiger partial charge in [0, 0.05) is 21.2 Å². The van der Waals surface area contributed by atoms with Gasteiger partial charge in [-0.1, -0.05) is 47.5 Å². The average molecular weight is 295 g/mol. The van der Waals surface area contributed by atoms with Crippen molar-refractivity contribution in [3.05, 3.63) is 69.0 Å². The molecule has 96 valence electrons. The van der Waals surface area contributed by atoms with E-state index in [1.807, 2.05) is 0 Å². The van der Waals surface area contributed by atoms with Crippen molar-refractivity contribution < 1.29 is 9.18 Å². The average Bonchev–Trinajstić information content (AvgIpc) is 2.39. The lowest BCUT2D eigenvalue weighted by Gasteiger charge is -2.01. The van der Waals surface area contributed by atoms with Gasteiger partial charge in [0.05, 0.1) is 0 Å². The van der Waals surface area contributed by atoms with Gasteiger partial charge in [0.1, 0.15) is 5.82 Å². The number of benzene rings is 2. The van der Waals surface area contributed by atoms with Crippen LogP contribution < -0.4 is 0 Å². The zero-order valence-corrected chi connectivity index (χ0v) is 11.3. The molecule has 0 fully saturated rings. The first-order valence-electron chi connectivity index (χ1n) is 5.48. The van der Waals surface area contributed by atoms with E-state index < -0.39 is 5.82 Å². The highest BCUT2D eigenvalue weighted by molar-refractivity contribution is 6.31. The molecule has 0 aliphatic carbocycles. The van der Waals surface area contributed by atoms with Gasteiger partial charge in [-0.05, 0) is 29.8 Å². The molecule has 0 N–H and O–H groups in total. The van der Waals surface area contributed by atoms with Gasteiger partial charge in [0.25, 0.3) is 0 Å². The van der Waals surface area contributed by atoms with Crippen LogP contribution in [-0.4, -0.2) is 6.29 Å². The van der Waals surface area contributed by atoms with Gasteiger partial charge in [0.15, 0.2) is 6.29 Å². The second kappa shape index (κ2) is 6.00. The van der Waals surface area contributed by atoms with Crippen LogP contribution >= 0.6 is 23.2 Å². The van der Waals surface area contributed by atoms with Gasteiger partial charge in [-0.2, -0.15) is 0 Å². The molecule has 0 unspecified atom stereocenters. The Kier molecular flexibility index (Phi) is 4.35. The highest BCUT2D eigenvalue weighted by atomic mass is 35.5. The summed E-state index contributed by atoms with van der Waals surface area (Å²) in [5, 5.41) is 0.826. The molecule has 0 saturated carbocycles. The molecule has 2 rings (SSSR count). The first kappa shape index (κ1) is 13.8. The summed E-state index contributed by atoms with van der Waals surface area (Å²) in [6, 6.07) is 9.36. The molecule has 2 aromatic rings. The quantitative estimate of drug-likeness (QED) is 0.567. The van der Waals surface area contributed by atoms with Crippen LogP contribution in [-0.2, 0) is 0 Å². The Hall–Kier alpha value is -1.64. The van der Waals surface area contributed by atoms with Gasteiger partial charge in [-0.3, -0.25) is 4.79 Å². The van der Waals surface area contributed by atoms with Crippen LogP contribution in [0, 0.1) is 5.82 Å². The van der Waals surface area contributed by atoms with E-state index in [0.29, 0.717) is 33.0 Å². The van der Waals surface area contributed by atoms with E-state index in [2.05, 4.69) is 0 Å². The summed E-state index contributed by atoms with van der Waals surface area (Å²) in [4.78, 5) is 10.9. The largest absolute Gasteiger partial charge is 0.298 e. The molecule has 0 aromatic heterocycles. The van der Waals surface area contributed by atoms with E-state index >= 15 is 0 Å². The van der Waals surface area contributed by atoms with Gasteiger partial charge in [0.2, 0.25) is 0 Å². The Labute approximate surface area is 120 Å². The SMILES string of the molecule is O=Cc1cc(Cl)ccc1/C=C/c1ccc(Cl)cc1F. The molecule has 0 spiro atoms. The third-order valence-corrected chi connectivity index (χ3v) is 3.05. The van der Waals surface area contributed by atoms with E-state index in [0.717, 1.165) is 0 Å². The van der Waals surface area contributed by atoms with Crippen molar-refractivity contribution in [3.8, 4) is 0 Å². The third kappa shape index (κ3) is 3.43. The maximum atomic E-state index is 13.6. The monoisotopic (exact) mass is 294 g/mol. The molecule has 2 aromatic carbocycles. The molecule has 1 nitrogen and oxygen atoms in total. The summed E-state index contributed by atoms with van der Waals surface area (Å²) < 4.78 is 13.6. The molecule has 0 aliphatic rings. The Bertz CT molecular complexity index is 651. The molecule has 0 saturated heterocycles. The van der Waals surface area contributed by atoms with Crippen molar-refractivity contribution in [2.45, 2.75) is 0 Å². The lowest BCUT2D eigenvalue weighted by molar-refractivity contribution is 0.112. The van der Waals surface area contributed by atoms with Crippen LogP contribution in [0.1, 0.15) is 21.5 Å². The fourth-order valence-electron chi connectivity index (χ4n) is 1.62. The standard InChI is InChI=1S/C15H9Cl2FO/c16-13-5-3-10(12(7-13)9-19)1-2-11-4-6-14(17)8-15(11)18/h1-9H/b2-1+. The van der Waals surface area contributed by atoms with Crippen molar-refractivity contribution in [2.24, 2.45) is 0 Å². The number of hydrogen-bond acceptors (Lipinski definition) is 1. The molecule has 0 amide bonds. The maximum absolute atomic E-state index is 13.6. The zero-order chi connectivity index (χ0) is 13.8. The lowest BCUT2D eigenvalue weighted by atomic mass is 10.1. The van der Waals surface area contributed by atoms with E-state index in [9.17, 15) is 9.18 Å². The summed E-state index contributed by atoms with van der Waals surface area (Å²) in [6.45, 7) is 0. The van der Waals surface area contributed by atoms with Crippen molar-refractivity contribution in [3.63, 3.8) is 0 Å². The minimum Gasteiger partial charge on any atom is -0.298 e. The van der Waals surface area contributed by atoms with Gasteiger partial charge in [-0.15, -0.1) is 0 Å². The normalized spacial score (nSPS) is 10.9. The molecule has 4 heteroatoms. The smallest absolute Gasteiger partial charge is 0.150 e. The second-order valence-corrected chi connectivity index (χ2v) is 4.76. The van der Waals surface area contributed by atoms with Crippen LogP contribution in [0.25, 0.3) is 12.2 Å². The lowest BCUT2D eigenvalue weighted by Crippen LogP contribution is -1.86. The van der Waals surface area contributed by atoms with Crippen LogP contribution in [0.5, 0.6) is 0 Å². The predicted molar refractivity (Wildman–Crippen MR) is 77.2 cm³/mol. The molecule has 0 heterocycles. The fraction of sp³-hybridized carbons (Fsp3) is 0. The van der Waals surface area contributed by atoms with E-state index in [4.69, 9.17) is 23.2 Å². The Morgan fingerprint density at radius 2 is 1.42 bits per heavy atom. The van der Waals surface area contributed by atoms with Crippen molar-refractivity contribution in [1.29, 1.82) is 0 Å². The van der Waals surface area contributed by atoms with Gasteiger partial charge in [-0.25, -0.2) is 4.39 Å². The number of carbonyl (C=O) groups is 1. The summed E-state index contributed by atoms with van der Waals surface area (Å²) in [6.07, 6.45) is 3.96. The fourth-order valence-corrected chi connectivity index (χ4v) is 1.96. The second-order valence-electron chi connectivity index (χ2n) is 3.89. The van der Waals surface area contributed by atoms with Crippen molar-refractivity contribution in [2.75, 3.05) is 0 Å². The Morgan fingerprint density at radius 1 is 0.842 bits per heavy atom. The predicted octanol–water partition coefficient (Wildman–Crippen LogP) is 5.12. The zero-order valence-electron chi connectivity index (χ0n) is 9.74. The Balaban J connectivity index is 2.35. The highest BCUT2D eigenvalue weighted by Gasteiger charge is 2.02. The first-order valence-corrected chi connectivity index (χ1v) is 6.23. The minimum absolute atomic E-state index is 0.342. The highest BCUT2D eigenvalue weighted by Crippen LogP contribution is 2.19. The van der Waals surface area contributed by atoms with Crippen LogP contribution in [0.15, 0.2) is 36.4 Å². The Morgan fingerprint density at radius 3 is 2.05 bits per heavy atom. The molecule has 0 aliphatic heterocycles. The first-order chi connectivity index (χ1) is 9.10. The number of halogens is 3. The molecule has 0 radical (unpaired) electrons. The topological polar surface area (TPSA) is 17.1 Å². The number of aldehydes is 1. The molecule has 0 bridgehead atoms. The van der Waals surface area contributed by atoms with Crippen LogP contribution in [0.3, 0.4) is 0 Å². The number of carbonyl (C=O) groups excluding carboxylic acids is 1. The van der Waals surface area contributed by atoms with Gasteiger partial charge >= 0.3 is 0 Å². The van der Waals surface area contributed by atoms with E-state index in [-0.39, 0.29) is 0 Å². The van der Waals surface area contributed by atoms with Crippen molar-refractivity contribution in [1.82, 2.24) is 0 Å². The summed E-state index contributed by atoms with van der Waals surface area (Å²) in [5.74, 6) is -0.412. The number of rotatable bonds is 3. The van der Waals surface area contributed by atoms with Crippen molar-refractivity contribution >= 4 is 41.6 Å². The molecule has 19 heavy (non-hydrogen) atoms. The molecular weight excluding hydrogens is 286 g/mol. The third-order valence-electron chi connectivity index (χ3n) is 2.58. The van der Waals surface area contributed by atoms with Gasteiger partial charge < -0.3 is 0 Å². The molecule has 0 atom stereocenters. The van der Waals surface area contributed by atoms with E-state index in [1.54, 1.807) is 42.5 Å². The van der Waals surface area contributed by atoms with E-state index in [1.165, 1.54) is 6.07 Å². The summed E-state index contributed by atoms with van der Waals surface area (Å²) in [7, 11) is 0. The summed E-state index contributed by atoms with van der Waals surface area (Å²) in [5.41, 5.74) is 1.53. The van der Waals surface area contributed by atoms with Crippen LogP contribution in [0.4, 0.5) is 4.39 Å². The minimum atomic E-state index is -0.412.